The molecule has 0 heterocycles. The van der Waals surface area contributed by atoms with Crippen molar-refractivity contribution in [3.8, 4) is 23.0 Å². The Hall–Kier alpha value is -1.33. The fourth-order valence-electron chi connectivity index (χ4n) is 1.90. The monoisotopic (exact) mass is 317 g/mol. The molecule has 1 rings (SSSR count). The Bertz CT molecular complexity index is 403. The van der Waals surface area contributed by atoms with E-state index in [1.54, 1.807) is 33.5 Å². The number of methoxy groups -OCH3 is 3. The molecule has 0 aliphatic rings. The average Bonchev–Trinajstić information content (AvgIpc) is 2.51. The van der Waals surface area contributed by atoms with E-state index in [1.807, 2.05) is 7.05 Å². The Morgan fingerprint density at radius 2 is 1.62 bits per heavy atom. The number of nitrogens with zero attached hydrogens (tertiary/aromatic N) is 1. The van der Waals surface area contributed by atoms with E-state index < -0.39 is 0 Å². The largest absolute Gasteiger partial charge is 0.493 e. The Labute approximate surface area is 131 Å². The maximum absolute atomic E-state index is 5.75. The Morgan fingerprint density at radius 1 is 1.00 bits per heavy atom. The number of benzene rings is 1. The van der Waals surface area contributed by atoms with E-state index in [-0.39, 0.29) is 0 Å². The van der Waals surface area contributed by atoms with Crippen LogP contribution in [0, 0.1) is 0 Å². The smallest absolute Gasteiger partial charge is 0.203 e. The molecule has 0 spiro atoms. The minimum absolute atomic E-state index is 0.562. The maximum Gasteiger partial charge on any atom is 0.203 e. The highest BCUT2D eigenvalue weighted by molar-refractivity contribution is 6.17. The summed E-state index contributed by atoms with van der Waals surface area (Å²) in [5, 5.41) is 0. The number of hydrogen-bond acceptors (Lipinski definition) is 5. The highest BCUT2D eigenvalue weighted by Gasteiger charge is 2.13. The van der Waals surface area contributed by atoms with Gasteiger partial charge in [-0.3, -0.25) is 0 Å². The van der Waals surface area contributed by atoms with Gasteiger partial charge in [0.2, 0.25) is 5.75 Å². The highest BCUT2D eigenvalue weighted by Crippen LogP contribution is 2.40. The summed E-state index contributed by atoms with van der Waals surface area (Å²) in [7, 11) is 6.79. The van der Waals surface area contributed by atoms with Gasteiger partial charge < -0.3 is 23.8 Å². The molecule has 120 valence electrons. The molecule has 0 saturated carbocycles. The van der Waals surface area contributed by atoms with E-state index in [1.165, 1.54) is 0 Å². The van der Waals surface area contributed by atoms with Crippen LogP contribution in [0.25, 0.3) is 0 Å². The lowest BCUT2D eigenvalue weighted by Crippen LogP contribution is -2.25. The van der Waals surface area contributed by atoms with Crippen molar-refractivity contribution in [1.29, 1.82) is 0 Å². The molecular formula is C15H24ClNO4. The number of halogens is 1. The van der Waals surface area contributed by atoms with Gasteiger partial charge in [-0.1, -0.05) is 0 Å². The number of rotatable bonds is 10. The van der Waals surface area contributed by atoms with Gasteiger partial charge in [-0.2, -0.15) is 0 Å². The Morgan fingerprint density at radius 3 is 2.10 bits per heavy atom. The molecule has 0 N–H and O–H groups in total. The minimum Gasteiger partial charge on any atom is -0.493 e. The second-order valence-corrected chi connectivity index (χ2v) is 4.93. The van der Waals surface area contributed by atoms with Crippen molar-refractivity contribution in [3.05, 3.63) is 12.1 Å². The third-order valence-electron chi connectivity index (χ3n) is 3.05. The fraction of sp³-hybridized carbons (Fsp3) is 0.600. The SMILES string of the molecule is COc1cc(OCCN(C)CCCCl)cc(OC)c1OC. The molecule has 0 saturated heterocycles. The van der Waals surface area contributed by atoms with Crippen LogP contribution < -0.4 is 18.9 Å². The van der Waals surface area contributed by atoms with E-state index in [0.29, 0.717) is 35.5 Å². The van der Waals surface area contributed by atoms with Gasteiger partial charge in [0.05, 0.1) is 21.3 Å². The maximum atomic E-state index is 5.75. The summed E-state index contributed by atoms with van der Waals surface area (Å²) >= 11 is 5.67. The Balaban J connectivity index is 2.63. The molecule has 0 aromatic heterocycles. The van der Waals surface area contributed by atoms with Crippen molar-refractivity contribution < 1.29 is 18.9 Å². The van der Waals surface area contributed by atoms with Crippen LogP contribution in [0.3, 0.4) is 0 Å². The number of ether oxygens (including phenoxy) is 4. The predicted octanol–water partition coefficient (Wildman–Crippen LogP) is 2.65. The van der Waals surface area contributed by atoms with Crippen LogP contribution in [-0.2, 0) is 0 Å². The standard InChI is InChI=1S/C15H24ClNO4/c1-17(7-5-6-16)8-9-21-12-10-13(18-2)15(20-4)14(11-12)19-3/h10-11H,5-9H2,1-4H3. The van der Waals surface area contributed by atoms with Crippen LogP contribution in [-0.4, -0.2) is 58.9 Å². The van der Waals surface area contributed by atoms with Crippen LogP contribution in [0.1, 0.15) is 6.42 Å². The van der Waals surface area contributed by atoms with Crippen molar-refractivity contribution >= 4 is 11.6 Å². The van der Waals surface area contributed by atoms with Gasteiger partial charge >= 0.3 is 0 Å². The van der Waals surface area contributed by atoms with Crippen molar-refractivity contribution in [3.63, 3.8) is 0 Å². The molecule has 5 nitrogen and oxygen atoms in total. The first kappa shape index (κ1) is 17.7. The first-order valence-corrected chi connectivity index (χ1v) is 7.37. The number of alkyl halides is 1. The highest BCUT2D eigenvalue weighted by atomic mass is 35.5. The first-order chi connectivity index (χ1) is 10.2. The zero-order valence-corrected chi connectivity index (χ0v) is 13.9. The molecule has 0 fully saturated rings. The summed E-state index contributed by atoms with van der Waals surface area (Å²) in [6.07, 6.45) is 0.974. The molecule has 0 aliphatic carbocycles. The third kappa shape index (κ3) is 5.52. The molecule has 6 heteroatoms. The van der Waals surface area contributed by atoms with E-state index in [4.69, 9.17) is 30.5 Å². The summed E-state index contributed by atoms with van der Waals surface area (Å²) in [5.74, 6) is 3.10. The lowest BCUT2D eigenvalue weighted by molar-refractivity contribution is 0.235. The zero-order valence-electron chi connectivity index (χ0n) is 13.1. The predicted molar refractivity (Wildman–Crippen MR) is 84.4 cm³/mol. The van der Waals surface area contributed by atoms with E-state index >= 15 is 0 Å². The lowest BCUT2D eigenvalue weighted by atomic mass is 10.2. The molecule has 1 aromatic rings. The van der Waals surface area contributed by atoms with E-state index in [2.05, 4.69) is 4.90 Å². The van der Waals surface area contributed by atoms with Gasteiger partial charge in [-0.25, -0.2) is 0 Å². The second kappa shape index (κ2) is 9.58. The molecule has 0 bridgehead atoms. The Kier molecular flexibility index (Phi) is 8.08. The van der Waals surface area contributed by atoms with Crippen LogP contribution >= 0.6 is 11.6 Å². The van der Waals surface area contributed by atoms with Gasteiger partial charge in [0.1, 0.15) is 12.4 Å². The average molecular weight is 318 g/mol. The van der Waals surface area contributed by atoms with Crippen molar-refractivity contribution in [2.24, 2.45) is 0 Å². The molecule has 1 aromatic carbocycles. The summed E-state index contributed by atoms with van der Waals surface area (Å²) in [6.45, 7) is 2.37. The normalized spacial score (nSPS) is 10.6. The first-order valence-electron chi connectivity index (χ1n) is 6.83. The lowest BCUT2D eigenvalue weighted by Gasteiger charge is -2.17. The minimum atomic E-state index is 0.562. The van der Waals surface area contributed by atoms with Gasteiger partial charge in [0, 0.05) is 24.6 Å². The number of likely N-dealkylation sites (N-methyl/N-ethyl adjacent to an activating group) is 1. The molecule has 0 unspecified atom stereocenters. The second-order valence-electron chi connectivity index (χ2n) is 4.56. The number of hydrogen-bond donors (Lipinski definition) is 0. The van der Waals surface area contributed by atoms with Crippen LogP contribution in [0.5, 0.6) is 23.0 Å². The van der Waals surface area contributed by atoms with Crippen molar-refractivity contribution in [2.75, 3.05) is 54.0 Å². The summed E-state index contributed by atoms with van der Waals surface area (Å²) < 4.78 is 21.6. The van der Waals surface area contributed by atoms with E-state index in [9.17, 15) is 0 Å². The van der Waals surface area contributed by atoms with Crippen LogP contribution in [0.2, 0.25) is 0 Å². The summed E-state index contributed by atoms with van der Waals surface area (Å²) in [6, 6.07) is 3.58. The van der Waals surface area contributed by atoms with Crippen molar-refractivity contribution in [2.45, 2.75) is 6.42 Å². The van der Waals surface area contributed by atoms with Gasteiger partial charge in [0.25, 0.3) is 0 Å². The van der Waals surface area contributed by atoms with E-state index in [0.717, 1.165) is 19.5 Å². The van der Waals surface area contributed by atoms with Crippen molar-refractivity contribution in [1.82, 2.24) is 4.90 Å². The topological polar surface area (TPSA) is 40.2 Å². The fourth-order valence-corrected chi connectivity index (χ4v) is 2.02. The van der Waals surface area contributed by atoms with Gasteiger partial charge in [-0.05, 0) is 20.0 Å². The van der Waals surface area contributed by atoms with Gasteiger partial charge in [-0.15, -0.1) is 11.6 Å². The van der Waals surface area contributed by atoms with Gasteiger partial charge in [0.15, 0.2) is 11.5 Å². The molecule has 0 atom stereocenters. The van der Waals surface area contributed by atoms with Crippen LogP contribution in [0.15, 0.2) is 12.1 Å². The molecular weight excluding hydrogens is 294 g/mol. The zero-order chi connectivity index (χ0) is 15.7. The van der Waals surface area contributed by atoms with Crippen LogP contribution in [0.4, 0.5) is 0 Å². The molecule has 0 amide bonds. The third-order valence-corrected chi connectivity index (χ3v) is 3.32. The molecule has 21 heavy (non-hydrogen) atoms. The summed E-state index contributed by atoms with van der Waals surface area (Å²) in [5.41, 5.74) is 0. The quantitative estimate of drug-likeness (QED) is 0.620. The molecule has 0 aliphatic heterocycles. The molecule has 0 radical (unpaired) electrons. The summed E-state index contributed by atoms with van der Waals surface area (Å²) in [4.78, 5) is 2.18.